The number of imidazole rings is 1. The minimum absolute atomic E-state index is 0.00459. The number of hydrogen-bond acceptors (Lipinski definition) is 6. The lowest BCUT2D eigenvalue weighted by atomic mass is 10.1. The number of nitrogens with zero attached hydrogens (tertiary/aromatic N) is 5. The molecule has 1 aliphatic heterocycles. The van der Waals surface area contributed by atoms with Gasteiger partial charge in [0.2, 0.25) is 11.8 Å². The number of nitrogens with one attached hydrogen (secondary N) is 1. The second kappa shape index (κ2) is 8.46. The van der Waals surface area contributed by atoms with Crippen LogP contribution in [-0.2, 0) is 22.7 Å². The fourth-order valence-electron chi connectivity index (χ4n) is 3.81. The summed E-state index contributed by atoms with van der Waals surface area (Å²) in [5.74, 6) is -0.754. The molecule has 0 aliphatic carbocycles. The highest BCUT2D eigenvalue weighted by atomic mass is 35.5. The Morgan fingerprint density at radius 3 is 2.94 bits per heavy atom. The van der Waals surface area contributed by atoms with Gasteiger partial charge in [-0.05, 0) is 18.4 Å². The molecule has 2 amide bonds. The zero-order chi connectivity index (χ0) is 22.1. The normalized spacial score (nSPS) is 18.5. The van der Waals surface area contributed by atoms with Crippen molar-refractivity contribution in [2.24, 2.45) is 5.92 Å². The lowest BCUT2D eigenvalue weighted by Crippen LogP contribution is -2.46. The predicted octanol–water partition coefficient (Wildman–Crippen LogP) is 1.75. The Kier molecular flexibility index (Phi) is 5.73. The number of likely N-dealkylation sites (tertiary alicyclic amines) is 1. The van der Waals surface area contributed by atoms with Gasteiger partial charge < -0.3 is 20.5 Å². The van der Waals surface area contributed by atoms with E-state index in [1.807, 2.05) is 6.92 Å². The van der Waals surface area contributed by atoms with E-state index in [0.29, 0.717) is 24.1 Å². The lowest BCUT2D eigenvalue weighted by Gasteiger charge is -2.24. The van der Waals surface area contributed by atoms with Gasteiger partial charge in [0.1, 0.15) is 30.2 Å². The molecule has 1 aromatic carbocycles. The van der Waals surface area contributed by atoms with Crippen molar-refractivity contribution in [1.29, 1.82) is 0 Å². The van der Waals surface area contributed by atoms with Crippen molar-refractivity contribution in [3.05, 3.63) is 47.3 Å². The molecule has 3 heterocycles. The Morgan fingerprint density at radius 2 is 2.13 bits per heavy atom. The summed E-state index contributed by atoms with van der Waals surface area (Å²) in [6.45, 7) is 2.38. The first-order valence-corrected chi connectivity index (χ1v) is 10.1. The highest BCUT2D eigenvalue weighted by Gasteiger charge is 2.37. The zero-order valence-electron chi connectivity index (χ0n) is 16.8. The summed E-state index contributed by atoms with van der Waals surface area (Å²) in [4.78, 5) is 39.6. The molecule has 9 nitrogen and oxygen atoms in total. The molecule has 0 saturated carbocycles. The first-order chi connectivity index (χ1) is 14.8. The number of benzene rings is 1. The van der Waals surface area contributed by atoms with Crippen LogP contribution in [0, 0.1) is 11.7 Å². The summed E-state index contributed by atoms with van der Waals surface area (Å²) >= 11 is 5.79. The quantitative estimate of drug-likeness (QED) is 0.617. The summed E-state index contributed by atoms with van der Waals surface area (Å²) in [5.41, 5.74) is 6.95. The van der Waals surface area contributed by atoms with Gasteiger partial charge >= 0.3 is 0 Å². The Morgan fingerprint density at radius 1 is 1.32 bits per heavy atom. The number of nitrogens with two attached hydrogens (primary N) is 1. The second-order valence-electron chi connectivity index (χ2n) is 7.64. The summed E-state index contributed by atoms with van der Waals surface area (Å²) < 4.78 is 15.7. The number of hydrogen-bond donors (Lipinski definition) is 2. The monoisotopic (exact) mass is 445 g/mol. The Balaban J connectivity index is 1.46. The third kappa shape index (κ3) is 4.15. The number of fused-ring (bicyclic) bond motifs is 1. The van der Waals surface area contributed by atoms with Crippen LogP contribution in [0.2, 0.25) is 5.02 Å². The molecule has 2 atom stereocenters. The van der Waals surface area contributed by atoms with Gasteiger partial charge in [-0.25, -0.2) is 19.3 Å². The highest BCUT2D eigenvalue weighted by molar-refractivity contribution is 6.30. The topological polar surface area (TPSA) is 119 Å². The maximum absolute atomic E-state index is 14.1. The Bertz CT molecular complexity index is 1150. The highest BCUT2D eigenvalue weighted by Crippen LogP contribution is 2.25. The molecule has 2 aromatic heterocycles. The molecule has 0 bridgehead atoms. The van der Waals surface area contributed by atoms with Crippen molar-refractivity contribution in [1.82, 2.24) is 29.7 Å². The first-order valence-electron chi connectivity index (χ1n) is 9.76. The van der Waals surface area contributed by atoms with Gasteiger partial charge in [0.05, 0.1) is 11.3 Å². The molecule has 0 unspecified atom stereocenters. The molecule has 0 radical (unpaired) electrons. The number of rotatable bonds is 5. The van der Waals surface area contributed by atoms with Gasteiger partial charge in [-0.15, -0.1) is 0 Å². The third-order valence-corrected chi connectivity index (χ3v) is 5.64. The van der Waals surface area contributed by atoms with Crippen LogP contribution in [0.5, 0.6) is 0 Å². The molecule has 0 spiro atoms. The number of carbonyl (C=O) groups is 2. The van der Waals surface area contributed by atoms with Gasteiger partial charge in [-0.1, -0.05) is 30.7 Å². The van der Waals surface area contributed by atoms with Crippen LogP contribution in [0.4, 0.5) is 10.2 Å². The van der Waals surface area contributed by atoms with Crippen molar-refractivity contribution in [2.75, 3.05) is 12.3 Å². The van der Waals surface area contributed by atoms with E-state index in [1.165, 1.54) is 18.7 Å². The van der Waals surface area contributed by atoms with Gasteiger partial charge in [0.15, 0.2) is 11.5 Å². The maximum Gasteiger partial charge on any atom is 0.243 e. The van der Waals surface area contributed by atoms with E-state index in [0.717, 1.165) is 0 Å². The van der Waals surface area contributed by atoms with Gasteiger partial charge in [-0.3, -0.25) is 9.59 Å². The van der Waals surface area contributed by atoms with Crippen LogP contribution in [-0.4, -0.2) is 48.8 Å². The molecule has 11 heteroatoms. The van der Waals surface area contributed by atoms with Gasteiger partial charge in [-0.2, -0.15) is 0 Å². The average molecular weight is 446 g/mol. The zero-order valence-corrected chi connectivity index (χ0v) is 17.5. The molecular formula is C20H21ClFN7O2. The third-order valence-electron chi connectivity index (χ3n) is 5.35. The van der Waals surface area contributed by atoms with Crippen LogP contribution in [0.15, 0.2) is 30.9 Å². The van der Waals surface area contributed by atoms with E-state index in [2.05, 4.69) is 20.3 Å². The molecule has 1 fully saturated rings. The van der Waals surface area contributed by atoms with Crippen molar-refractivity contribution < 1.29 is 14.0 Å². The van der Waals surface area contributed by atoms with Crippen LogP contribution in [0.1, 0.15) is 18.9 Å². The van der Waals surface area contributed by atoms with Crippen LogP contribution < -0.4 is 11.1 Å². The van der Waals surface area contributed by atoms with Crippen molar-refractivity contribution in [2.45, 2.75) is 32.5 Å². The van der Waals surface area contributed by atoms with E-state index < -0.39 is 11.9 Å². The summed E-state index contributed by atoms with van der Waals surface area (Å²) in [6.07, 6.45) is 3.31. The Labute approximate surface area is 182 Å². The lowest BCUT2D eigenvalue weighted by molar-refractivity contribution is -0.139. The minimum atomic E-state index is -0.640. The van der Waals surface area contributed by atoms with Crippen molar-refractivity contribution in [3.63, 3.8) is 0 Å². The number of anilines is 1. The fourth-order valence-corrected chi connectivity index (χ4v) is 4.00. The number of amides is 2. The molecule has 31 heavy (non-hydrogen) atoms. The second-order valence-corrected chi connectivity index (χ2v) is 8.04. The number of aromatic nitrogens is 4. The van der Waals surface area contributed by atoms with Crippen LogP contribution in [0.25, 0.3) is 11.2 Å². The van der Waals surface area contributed by atoms with E-state index in [-0.39, 0.29) is 47.2 Å². The molecule has 4 rings (SSSR count). The number of halogens is 2. The number of carbonyl (C=O) groups excluding carboxylic acids is 2. The molecule has 3 aromatic rings. The average Bonchev–Trinajstić information content (AvgIpc) is 3.33. The van der Waals surface area contributed by atoms with Gasteiger partial charge in [0, 0.05) is 18.7 Å². The molecule has 1 saturated heterocycles. The summed E-state index contributed by atoms with van der Waals surface area (Å²) in [6, 6.07) is 3.98. The van der Waals surface area contributed by atoms with E-state index in [9.17, 15) is 14.0 Å². The summed E-state index contributed by atoms with van der Waals surface area (Å²) in [5, 5.41) is 2.72. The SMILES string of the molecule is C[C@@H]1C[C@@H](C(=O)NCc2cccc(Cl)c2F)N(C(=O)Cn2cnc3c(N)ncnc32)C1. The van der Waals surface area contributed by atoms with Crippen LogP contribution >= 0.6 is 11.6 Å². The first kappa shape index (κ1) is 21.0. The van der Waals surface area contributed by atoms with Gasteiger partial charge in [0.25, 0.3) is 0 Å². The molecular weight excluding hydrogens is 425 g/mol. The predicted molar refractivity (Wildman–Crippen MR) is 112 cm³/mol. The molecule has 1 aliphatic rings. The number of nitrogen functional groups attached to an aromatic ring is 1. The van der Waals surface area contributed by atoms with E-state index >= 15 is 0 Å². The van der Waals surface area contributed by atoms with E-state index in [1.54, 1.807) is 21.6 Å². The van der Waals surface area contributed by atoms with Crippen LogP contribution in [0.3, 0.4) is 0 Å². The van der Waals surface area contributed by atoms with Crippen molar-refractivity contribution in [3.8, 4) is 0 Å². The standard InChI is InChI=1S/C20H21ClFN7O2/c1-11-5-14(20(31)24-6-12-3-2-4-13(21)16(12)22)29(7-11)15(30)8-28-10-27-17-18(23)25-9-26-19(17)28/h2-4,9-11,14H,5-8H2,1H3,(H,24,31)(H2,23,25,26)/t11-,14+/m1/s1. The fraction of sp³-hybridized carbons (Fsp3) is 0.350. The minimum Gasteiger partial charge on any atom is -0.382 e. The maximum atomic E-state index is 14.1. The smallest absolute Gasteiger partial charge is 0.243 e. The molecule has 3 N–H and O–H groups in total. The summed E-state index contributed by atoms with van der Waals surface area (Å²) in [7, 11) is 0. The molecule has 162 valence electrons. The largest absolute Gasteiger partial charge is 0.382 e. The van der Waals surface area contributed by atoms with Crippen molar-refractivity contribution >= 4 is 40.4 Å². The van der Waals surface area contributed by atoms with E-state index in [4.69, 9.17) is 17.3 Å². The Hall–Kier alpha value is -3.27.